The molecule has 0 bridgehead atoms. The van der Waals surface area contributed by atoms with Gasteiger partial charge in [-0.3, -0.25) is 0 Å². The number of thiophene rings is 2. The van der Waals surface area contributed by atoms with Gasteiger partial charge in [-0.15, -0.1) is 22.7 Å². The summed E-state index contributed by atoms with van der Waals surface area (Å²) >= 11 is 3.80. The van der Waals surface area contributed by atoms with Crippen LogP contribution >= 0.6 is 22.7 Å². The minimum absolute atomic E-state index is 0. The molecule has 0 radical (unpaired) electrons. The van der Waals surface area contributed by atoms with E-state index in [2.05, 4.69) is 38.1 Å². The zero-order valence-corrected chi connectivity index (χ0v) is 13.5. The maximum atomic E-state index is 2.23. The van der Waals surface area contributed by atoms with E-state index in [-0.39, 0.29) is 7.43 Å². The molecule has 0 aliphatic carbocycles. The Morgan fingerprint density at radius 3 is 1.28 bits per heavy atom. The van der Waals surface area contributed by atoms with Crippen molar-refractivity contribution in [1.29, 1.82) is 0 Å². The average molecular weight is 285 g/mol. The summed E-state index contributed by atoms with van der Waals surface area (Å²) in [5.74, 6) is 0. The Morgan fingerprint density at radius 2 is 1.06 bits per heavy atom. The molecule has 0 N–H and O–H groups in total. The number of hydrogen-bond donors (Lipinski definition) is 0. The van der Waals surface area contributed by atoms with Crippen LogP contribution in [0.5, 0.6) is 0 Å². The molecule has 2 heteroatoms. The van der Waals surface area contributed by atoms with Crippen LogP contribution in [0.25, 0.3) is 0 Å². The number of rotatable bonds is 2. The fraction of sp³-hybridized carbons (Fsp3) is 0.500. The van der Waals surface area contributed by atoms with E-state index in [1.807, 2.05) is 50.4 Å². The predicted octanol–water partition coefficient (Wildman–Crippen LogP) is 6.71. The minimum Gasteiger partial charge on any atom is -0.145 e. The van der Waals surface area contributed by atoms with Crippen LogP contribution in [0.1, 0.15) is 54.6 Å². The Morgan fingerprint density at radius 1 is 0.722 bits per heavy atom. The van der Waals surface area contributed by atoms with Gasteiger partial charge in [-0.1, -0.05) is 35.1 Å². The molecule has 0 unspecified atom stereocenters. The smallest absolute Gasteiger partial charge is 0.0163 e. The van der Waals surface area contributed by atoms with Gasteiger partial charge in [0.25, 0.3) is 0 Å². The Kier molecular flexibility index (Phi) is 12.6. The van der Waals surface area contributed by atoms with Crippen LogP contribution in [0.4, 0.5) is 0 Å². The van der Waals surface area contributed by atoms with E-state index < -0.39 is 0 Å². The molecule has 0 atom stereocenters. The third kappa shape index (κ3) is 6.97. The molecule has 0 aromatic carbocycles. The van der Waals surface area contributed by atoms with E-state index in [4.69, 9.17) is 0 Å². The molecule has 0 aliphatic heterocycles. The Bertz CT molecular complexity index is 358. The summed E-state index contributed by atoms with van der Waals surface area (Å²) in [5, 5.41) is 0. The highest BCUT2D eigenvalue weighted by molar-refractivity contribution is 7.13. The molecule has 0 spiro atoms. The molecular formula is C16H28S2. The fourth-order valence-corrected chi connectivity index (χ4v) is 3.25. The van der Waals surface area contributed by atoms with Crippen molar-refractivity contribution in [2.45, 2.75) is 55.4 Å². The lowest BCUT2D eigenvalue weighted by atomic mass is 10.3. The molecule has 2 rings (SSSR count). The number of aryl methyl sites for hydroxylation is 2. The van der Waals surface area contributed by atoms with Crippen LogP contribution in [-0.4, -0.2) is 0 Å². The largest absolute Gasteiger partial charge is 0.145 e. The summed E-state index contributed by atoms with van der Waals surface area (Å²) in [6.07, 6.45) is 1.11. The first-order valence-corrected chi connectivity index (χ1v) is 7.98. The molecule has 0 aliphatic rings. The van der Waals surface area contributed by atoms with E-state index in [0.29, 0.717) is 0 Å². The average Bonchev–Trinajstić information content (AvgIpc) is 2.94. The molecule has 0 saturated heterocycles. The molecule has 2 aromatic heterocycles. The summed E-state index contributed by atoms with van der Waals surface area (Å²) < 4.78 is 0. The van der Waals surface area contributed by atoms with Gasteiger partial charge in [-0.25, -0.2) is 0 Å². The SMILES string of the molecule is C.CC.CC.Cc1ccc(Cc2ccc(C)s2)s1. The molecule has 0 amide bonds. The minimum atomic E-state index is 0. The van der Waals surface area contributed by atoms with E-state index >= 15 is 0 Å². The Labute approximate surface area is 122 Å². The Balaban J connectivity index is 0. The van der Waals surface area contributed by atoms with E-state index in [1.54, 1.807) is 0 Å². The van der Waals surface area contributed by atoms with Gasteiger partial charge in [-0.05, 0) is 38.1 Å². The first-order chi connectivity index (χ1) is 8.24. The molecule has 0 saturated carbocycles. The van der Waals surface area contributed by atoms with Gasteiger partial charge < -0.3 is 0 Å². The summed E-state index contributed by atoms with van der Waals surface area (Å²) in [5.41, 5.74) is 0. The molecule has 2 heterocycles. The highest BCUT2D eigenvalue weighted by atomic mass is 32.1. The van der Waals surface area contributed by atoms with Crippen LogP contribution in [0.3, 0.4) is 0 Å². The van der Waals surface area contributed by atoms with Crippen molar-refractivity contribution in [2.24, 2.45) is 0 Å². The quantitative estimate of drug-likeness (QED) is 0.575. The maximum absolute atomic E-state index is 2.23. The Hall–Kier alpha value is -0.600. The molecule has 2 aromatic rings. The fourth-order valence-electron chi connectivity index (χ4n) is 1.33. The standard InChI is InChI=1S/C11H12S2.2C2H6.CH4/c1-8-3-5-10(12-8)7-11-6-4-9(2)13-11;2*1-2;/h3-6H,7H2,1-2H3;2*1-2H3;1H4. The first-order valence-electron chi connectivity index (χ1n) is 6.34. The lowest BCUT2D eigenvalue weighted by molar-refractivity contribution is 1.31. The zero-order valence-electron chi connectivity index (χ0n) is 11.8. The number of hydrogen-bond acceptors (Lipinski definition) is 2. The van der Waals surface area contributed by atoms with Gasteiger partial charge in [0.15, 0.2) is 0 Å². The van der Waals surface area contributed by atoms with Gasteiger partial charge in [-0.2, -0.15) is 0 Å². The second kappa shape index (κ2) is 11.5. The molecule has 0 nitrogen and oxygen atoms in total. The summed E-state index contributed by atoms with van der Waals surface area (Å²) in [7, 11) is 0. The third-order valence-electron chi connectivity index (χ3n) is 1.94. The first kappa shape index (κ1) is 19.7. The van der Waals surface area contributed by atoms with Gasteiger partial charge >= 0.3 is 0 Å². The molecular weight excluding hydrogens is 256 g/mol. The van der Waals surface area contributed by atoms with Crippen molar-refractivity contribution < 1.29 is 0 Å². The lowest BCUT2D eigenvalue weighted by Crippen LogP contribution is -1.76. The summed E-state index contributed by atoms with van der Waals surface area (Å²) in [6.45, 7) is 12.3. The summed E-state index contributed by atoms with van der Waals surface area (Å²) in [6, 6.07) is 8.85. The molecule has 18 heavy (non-hydrogen) atoms. The van der Waals surface area contributed by atoms with Crippen molar-refractivity contribution in [2.75, 3.05) is 0 Å². The molecule has 0 fully saturated rings. The van der Waals surface area contributed by atoms with Crippen molar-refractivity contribution in [3.8, 4) is 0 Å². The summed E-state index contributed by atoms with van der Waals surface area (Å²) in [4.78, 5) is 5.75. The van der Waals surface area contributed by atoms with Crippen LogP contribution in [-0.2, 0) is 6.42 Å². The second-order valence-corrected chi connectivity index (χ2v) is 5.95. The highest BCUT2D eigenvalue weighted by Gasteiger charge is 2.00. The normalized spacial score (nSPS) is 8.33. The third-order valence-corrected chi connectivity index (χ3v) is 3.94. The van der Waals surface area contributed by atoms with Gasteiger partial charge in [0.1, 0.15) is 0 Å². The van der Waals surface area contributed by atoms with Crippen LogP contribution < -0.4 is 0 Å². The maximum Gasteiger partial charge on any atom is 0.0163 e. The second-order valence-electron chi connectivity index (χ2n) is 3.20. The highest BCUT2D eigenvalue weighted by Crippen LogP contribution is 2.23. The van der Waals surface area contributed by atoms with E-state index in [0.717, 1.165) is 6.42 Å². The van der Waals surface area contributed by atoms with Crippen LogP contribution in [0.15, 0.2) is 24.3 Å². The lowest BCUT2D eigenvalue weighted by Gasteiger charge is -1.91. The van der Waals surface area contributed by atoms with E-state index in [9.17, 15) is 0 Å². The topological polar surface area (TPSA) is 0 Å². The predicted molar refractivity (Wildman–Crippen MR) is 90.3 cm³/mol. The molecule has 104 valence electrons. The van der Waals surface area contributed by atoms with Crippen molar-refractivity contribution in [1.82, 2.24) is 0 Å². The van der Waals surface area contributed by atoms with Crippen LogP contribution in [0.2, 0.25) is 0 Å². The zero-order chi connectivity index (χ0) is 13.3. The van der Waals surface area contributed by atoms with Gasteiger partial charge in [0.05, 0.1) is 0 Å². The van der Waals surface area contributed by atoms with Gasteiger partial charge in [0, 0.05) is 25.9 Å². The van der Waals surface area contributed by atoms with Crippen molar-refractivity contribution in [3.05, 3.63) is 43.8 Å². The van der Waals surface area contributed by atoms with E-state index in [1.165, 1.54) is 19.5 Å². The van der Waals surface area contributed by atoms with Crippen molar-refractivity contribution in [3.63, 3.8) is 0 Å². The van der Waals surface area contributed by atoms with Crippen molar-refractivity contribution >= 4 is 22.7 Å². The van der Waals surface area contributed by atoms with Crippen LogP contribution in [0, 0.1) is 13.8 Å². The van der Waals surface area contributed by atoms with Gasteiger partial charge in [0.2, 0.25) is 0 Å². The monoisotopic (exact) mass is 284 g/mol.